The minimum absolute atomic E-state index is 0.399. The van der Waals surface area contributed by atoms with Gasteiger partial charge in [-0.1, -0.05) is 30.3 Å². The number of likely N-dealkylation sites (tertiary alicyclic amines) is 1. The Hall–Kier alpha value is -0.940. The number of aliphatic hydroxyl groups excluding tert-OH is 1. The van der Waals surface area contributed by atoms with E-state index in [9.17, 15) is 5.11 Å². The average molecular weight is 292 g/mol. The lowest BCUT2D eigenvalue weighted by Gasteiger charge is -2.35. The highest BCUT2D eigenvalue weighted by Crippen LogP contribution is 2.14. The number of rotatable bonds is 7. The first-order chi connectivity index (χ1) is 10.1. The molecule has 4 nitrogen and oxygen atoms in total. The molecule has 0 bridgehead atoms. The molecule has 0 radical (unpaired) electrons. The Morgan fingerprint density at radius 3 is 2.52 bits per heavy atom. The van der Waals surface area contributed by atoms with Crippen LogP contribution in [0.15, 0.2) is 30.3 Å². The van der Waals surface area contributed by atoms with Crippen molar-refractivity contribution in [2.75, 3.05) is 40.3 Å². The normalized spacial score (nSPS) is 19.0. The van der Waals surface area contributed by atoms with Crippen LogP contribution in [0.3, 0.4) is 0 Å². The van der Waals surface area contributed by atoms with Crippen LogP contribution < -0.4 is 0 Å². The summed E-state index contributed by atoms with van der Waals surface area (Å²) < 4.78 is 5.60. The van der Waals surface area contributed by atoms with Crippen LogP contribution in [0.25, 0.3) is 0 Å². The number of β-amino-alcohol motifs (C(OH)–C–C–N with tert-alkyl or cyclic N) is 1. The minimum Gasteiger partial charge on any atom is -0.389 e. The smallest absolute Gasteiger partial charge is 0.0900 e. The summed E-state index contributed by atoms with van der Waals surface area (Å²) in [5.74, 6) is 0. The predicted molar refractivity (Wildman–Crippen MR) is 85.3 cm³/mol. The summed E-state index contributed by atoms with van der Waals surface area (Å²) in [4.78, 5) is 4.65. The third-order valence-electron chi connectivity index (χ3n) is 4.18. The zero-order valence-corrected chi connectivity index (χ0v) is 13.2. The van der Waals surface area contributed by atoms with Gasteiger partial charge in [0.25, 0.3) is 0 Å². The second-order valence-electron chi connectivity index (χ2n) is 6.15. The molecule has 0 spiro atoms. The Kier molecular flexibility index (Phi) is 6.64. The summed E-state index contributed by atoms with van der Waals surface area (Å²) in [6.45, 7) is 3.83. The zero-order chi connectivity index (χ0) is 15.1. The second kappa shape index (κ2) is 8.49. The van der Waals surface area contributed by atoms with Gasteiger partial charge in [0.05, 0.1) is 19.3 Å². The van der Waals surface area contributed by atoms with Gasteiger partial charge >= 0.3 is 0 Å². The molecule has 1 unspecified atom stereocenters. The van der Waals surface area contributed by atoms with E-state index in [0.717, 1.165) is 25.2 Å². The highest BCUT2D eigenvalue weighted by molar-refractivity contribution is 5.13. The van der Waals surface area contributed by atoms with Crippen LogP contribution >= 0.6 is 0 Å². The van der Waals surface area contributed by atoms with Crippen molar-refractivity contribution in [3.63, 3.8) is 0 Å². The van der Waals surface area contributed by atoms with Gasteiger partial charge in [0, 0.05) is 12.6 Å². The van der Waals surface area contributed by atoms with Gasteiger partial charge in [0.15, 0.2) is 0 Å². The van der Waals surface area contributed by atoms with Gasteiger partial charge in [-0.3, -0.25) is 0 Å². The van der Waals surface area contributed by atoms with E-state index < -0.39 is 6.10 Å². The van der Waals surface area contributed by atoms with Crippen molar-refractivity contribution < 1.29 is 9.84 Å². The van der Waals surface area contributed by atoms with Gasteiger partial charge < -0.3 is 19.6 Å². The van der Waals surface area contributed by atoms with E-state index in [1.807, 2.05) is 30.3 Å². The van der Waals surface area contributed by atoms with Crippen molar-refractivity contribution in [3.05, 3.63) is 35.9 Å². The Bertz CT molecular complexity index is 389. The number of hydrogen-bond acceptors (Lipinski definition) is 4. The molecule has 0 aliphatic carbocycles. The van der Waals surface area contributed by atoms with Crippen LogP contribution in [0, 0.1) is 0 Å². The van der Waals surface area contributed by atoms with Gasteiger partial charge in [-0.15, -0.1) is 0 Å². The Balaban J connectivity index is 1.61. The third-order valence-corrected chi connectivity index (χ3v) is 4.18. The van der Waals surface area contributed by atoms with Crippen LogP contribution in [-0.4, -0.2) is 67.4 Å². The molecular formula is C17H28N2O2. The quantitative estimate of drug-likeness (QED) is 0.828. The van der Waals surface area contributed by atoms with Crippen molar-refractivity contribution in [1.29, 1.82) is 0 Å². The molecule has 0 amide bonds. The first-order valence-electron chi connectivity index (χ1n) is 7.83. The summed E-state index contributed by atoms with van der Waals surface area (Å²) in [6, 6.07) is 10.8. The standard InChI is InChI=1S/C17H28N2O2/c1-18(2)16-8-10-19(11-9-16)12-17(20)14-21-13-15-6-4-3-5-7-15/h3-7,16-17,20H,8-14H2,1-2H3. The lowest BCUT2D eigenvalue weighted by Crippen LogP contribution is -2.45. The van der Waals surface area contributed by atoms with Crippen LogP contribution in [0.5, 0.6) is 0 Å². The molecule has 1 aromatic rings. The van der Waals surface area contributed by atoms with E-state index in [4.69, 9.17) is 4.74 Å². The van der Waals surface area contributed by atoms with Crippen LogP contribution in [0.2, 0.25) is 0 Å². The van der Waals surface area contributed by atoms with Crippen LogP contribution in [-0.2, 0) is 11.3 Å². The summed E-state index contributed by atoms with van der Waals surface area (Å²) in [5.41, 5.74) is 1.15. The fourth-order valence-corrected chi connectivity index (χ4v) is 2.86. The molecule has 21 heavy (non-hydrogen) atoms. The van der Waals surface area contributed by atoms with Gasteiger partial charge in [-0.05, 0) is 45.6 Å². The highest BCUT2D eigenvalue weighted by atomic mass is 16.5. The van der Waals surface area contributed by atoms with Crippen molar-refractivity contribution in [2.45, 2.75) is 31.6 Å². The van der Waals surface area contributed by atoms with Gasteiger partial charge in [0.1, 0.15) is 0 Å². The molecule has 1 saturated heterocycles. The molecule has 1 aliphatic rings. The van der Waals surface area contributed by atoms with E-state index in [2.05, 4.69) is 23.9 Å². The Morgan fingerprint density at radius 2 is 1.90 bits per heavy atom. The van der Waals surface area contributed by atoms with Gasteiger partial charge in [-0.25, -0.2) is 0 Å². The highest BCUT2D eigenvalue weighted by Gasteiger charge is 2.21. The Morgan fingerprint density at radius 1 is 1.24 bits per heavy atom. The van der Waals surface area contributed by atoms with Crippen molar-refractivity contribution >= 4 is 0 Å². The maximum atomic E-state index is 10.1. The molecule has 0 aromatic heterocycles. The first-order valence-corrected chi connectivity index (χ1v) is 7.83. The maximum absolute atomic E-state index is 10.1. The summed E-state index contributed by atoms with van der Waals surface area (Å²) >= 11 is 0. The summed E-state index contributed by atoms with van der Waals surface area (Å²) in [6.07, 6.45) is 1.97. The van der Waals surface area contributed by atoms with E-state index in [-0.39, 0.29) is 0 Å². The van der Waals surface area contributed by atoms with E-state index >= 15 is 0 Å². The molecule has 1 heterocycles. The lowest BCUT2D eigenvalue weighted by molar-refractivity contribution is 0.00321. The lowest BCUT2D eigenvalue weighted by atomic mass is 10.0. The van der Waals surface area contributed by atoms with Crippen molar-refractivity contribution in [1.82, 2.24) is 9.80 Å². The molecule has 0 saturated carbocycles. The third kappa shape index (κ3) is 5.75. The fourth-order valence-electron chi connectivity index (χ4n) is 2.86. The number of aliphatic hydroxyl groups is 1. The largest absolute Gasteiger partial charge is 0.389 e. The SMILES string of the molecule is CN(C)C1CCN(CC(O)COCc2ccccc2)CC1. The van der Waals surface area contributed by atoms with E-state index in [1.165, 1.54) is 12.8 Å². The first kappa shape index (κ1) is 16.4. The molecule has 1 N–H and O–H groups in total. The monoisotopic (exact) mass is 292 g/mol. The number of piperidine rings is 1. The van der Waals surface area contributed by atoms with E-state index in [0.29, 0.717) is 19.3 Å². The fraction of sp³-hybridized carbons (Fsp3) is 0.647. The predicted octanol–water partition coefficient (Wildman–Crippen LogP) is 1.59. The molecule has 4 heteroatoms. The van der Waals surface area contributed by atoms with Crippen LogP contribution in [0.4, 0.5) is 0 Å². The molecule has 1 fully saturated rings. The molecule has 1 aliphatic heterocycles. The molecule has 118 valence electrons. The number of hydrogen-bond donors (Lipinski definition) is 1. The number of ether oxygens (including phenoxy) is 1. The molecule has 1 atom stereocenters. The Labute approximate surface area is 128 Å². The van der Waals surface area contributed by atoms with Gasteiger partial charge in [0.2, 0.25) is 0 Å². The second-order valence-corrected chi connectivity index (χ2v) is 6.15. The van der Waals surface area contributed by atoms with Crippen molar-refractivity contribution in [3.8, 4) is 0 Å². The molecular weight excluding hydrogens is 264 g/mol. The van der Waals surface area contributed by atoms with E-state index in [1.54, 1.807) is 0 Å². The summed E-state index contributed by atoms with van der Waals surface area (Å²) in [5, 5.41) is 10.1. The maximum Gasteiger partial charge on any atom is 0.0900 e. The number of nitrogens with zero attached hydrogens (tertiary/aromatic N) is 2. The van der Waals surface area contributed by atoms with Crippen molar-refractivity contribution in [2.24, 2.45) is 0 Å². The molecule has 1 aromatic carbocycles. The summed E-state index contributed by atoms with van der Waals surface area (Å²) in [7, 11) is 4.29. The molecule has 2 rings (SSSR count). The zero-order valence-electron chi connectivity index (χ0n) is 13.2. The van der Waals surface area contributed by atoms with Gasteiger partial charge in [-0.2, -0.15) is 0 Å². The minimum atomic E-state index is -0.399. The number of benzene rings is 1. The average Bonchev–Trinajstić information content (AvgIpc) is 2.49. The topological polar surface area (TPSA) is 35.9 Å². The van der Waals surface area contributed by atoms with Crippen LogP contribution in [0.1, 0.15) is 18.4 Å².